The lowest BCUT2D eigenvalue weighted by Gasteiger charge is -2.18. The highest BCUT2D eigenvalue weighted by molar-refractivity contribution is 7.80. The van der Waals surface area contributed by atoms with Crippen LogP contribution in [0.1, 0.15) is 31.8 Å². The van der Waals surface area contributed by atoms with E-state index < -0.39 is 0 Å². The quantitative estimate of drug-likeness (QED) is 0.613. The van der Waals surface area contributed by atoms with Crippen LogP contribution >= 0.6 is 12.6 Å². The molecule has 0 heterocycles. The van der Waals surface area contributed by atoms with E-state index >= 15 is 0 Å². The number of rotatable bonds is 0. The maximum atomic E-state index is 12.3. The molecular formula is C14H8O2S. The molecule has 0 amide bonds. The molecule has 2 aromatic carbocycles. The number of carbonyl (C=O) groups excluding carboxylic acids is 2. The van der Waals surface area contributed by atoms with E-state index in [1.54, 1.807) is 42.5 Å². The minimum Gasteiger partial charge on any atom is -0.289 e. The Morgan fingerprint density at radius 1 is 0.706 bits per heavy atom. The SMILES string of the molecule is O=C1c2ccccc2C(=O)c2c(S)cccc21. The van der Waals surface area contributed by atoms with Crippen molar-refractivity contribution < 1.29 is 9.59 Å². The average Bonchev–Trinajstić information content (AvgIpc) is 2.36. The molecule has 0 radical (unpaired) electrons. The maximum absolute atomic E-state index is 12.3. The van der Waals surface area contributed by atoms with E-state index in [1.807, 2.05) is 0 Å². The van der Waals surface area contributed by atoms with Crippen molar-refractivity contribution in [3.63, 3.8) is 0 Å². The third-order valence-electron chi connectivity index (χ3n) is 2.93. The van der Waals surface area contributed by atoms with Crippen LogP contribution in [0, 0.1) is 0 Å². The molecule has 0 spiro atoms. The summed E-state index contributed by atoms with van der Waals surface area (Å²) in [5.74, 6) is -0.230. The Bertz CT molecular complexity index is 659. The minimum absolute atomic E-state index is 0.105. The molecule has 0 aromatic heterocycles. The predicted octanol–water partition coefficient (Wildman–Crippen LogP) is 2.75. The van der Waals surface area contributed by atoms with Crippen molar-refractivity contribution in [2.24, 2.45) is 0 Å². The van der Waals surface area contributed by atoms with Gasteiger partial charge in [-0.15, -0.1) is 12.6 Å². The van der Waals surface area contributed by atoms with E-state index in [0.717, 1.165) is 0 Å². The summed E-state index contributed by atoms with van der Waals surface area (Å²) in [4.78, 5) is 25.0. The molecule has 1 aliphatic rings. The van der Waals surface area contributed by atoms with Gasteiger partial charge >= 0.3 is 0 Å². The highest BCUT2D eigenvalue weighted by Crippen LogP contribution is 2.30. The molecule has 2 aromatic rings. The zero-order valence-corrected chi connectivity index (χ0v) is 9.70. The summed E-state index contributed by atoms with van der Waals surface area (Å²) in [6.07, 6.45) is 0. The van der Waals surface area contributed by atoms with Gasteiger partial charge in [-0.25, -0.2) is 0 Å². The highest BCUT2D eigenvalue weighted by atomic mass is 32.1. The fourth-order valence-electron chi connectivity index (χ4n) is 2.13. The van der Waals surface area contributed by atoms with Crippen LogP contribution in [0.4, 0.5) is 0 Å². The normalized spacial score (nSPS) is 13.2. The largest absolute Gasteiger partial charge is 0.289 e. The van der Waals surface area contributed by atoms with Crippen LogP contribution in [0.2, 0.25) is 0 Å². The lowest BCUT2D eigenvalue weighted by molar-refractivity contribution is 0.0977. The van der Waals surface area contributed by atoms with Crippen LogP contribution in [0.25, 0.3) is 0 Å². The standard InChI is InChI=1S/C14H8O2S/c15-13-8-4-1-2-5-9(8)14(16)12-10(13)6-3-7-11(12)17/h1-7,17H. The summed E-state index contributed by atoms with van der Waals surface area (Å²) >= 11 is 4.25. The molecule has 0 N–H and O–H groups in total. The summed E-state index contributed by atoms with van der Waals surface area (Å²) in [6.45, 7) is 0. The van der Waals surface area contributed by atoms with Gasteiger partial charge < -0.3 is 0 Å². The second-order valence-electron chi connectivity index (χ2n) is 3.90. The fraction of sp³-hybridized carbons (Fsp3) is 0. The number of carbonyl (C=O) groups is 2. The van der Waals surface area contributed by atoms with Crippen LogP contribution < -0.4 is 0 Å². The Labute approximate surface area is 104 Å². The molecule has 0 fully saturated rings. The van der Waals surface area contributed by atoms with Gasteiger partial charge in [-0.1, -0.05) is 36.4 Å². The Morgan fingerprint density at radius 2 is 1.29 bits per heavy atom. The molecule has 3 rings (SSSR count). The Kier molecular flexibility index (Phi) is 2.16. The second-order valence-corrected chi connectivity index (χ2v) is 4.39. The summed E-state index contributed by atoms with van der Waals surface area (Å²) in [6, 6.07) is 12.0. The van der Waals surface area contributed by atoms with E-state index in [1.165, 1.54) is 0 Å². The van der Waals surface area contributed by atoms with Crippen LogP contribution in [-0.4, -0.2) is 11.6 Å². The van der Waals surface area contributed by atoms with E-state index in [4.69, 9.17) is 0 Å². The first kappa shape index (κ1) is 10.3. The van der Waals surface area contributed by atoms with Gasteiger partial charge in [-0.05, 0) is 6.07 Å². The Morgan fingerprint density at radius 3 is 2.00 bits per heavy atom. The average molecular weight is 240 g/mol. The molecule has 82 valence electrons. The molecule has 0 aliphatic heterocycles. The van der Waals surface area contributed by atoms with Crippen molar-refractivity contribution in [2.45, 2.75) is 4.90 Å². The van der Waals surface area contributed by atoms with E-state index in [-0.39, 0.29) is 11.6 Å². The lowest BCUT2D eigenvalue weighted by Crippen LogP contribution is -2.21. The van der Waals surface area contributed by atoms with Gasteiger partial charge in [-0.3, -0.25) is 9.59 Å². The molecule has 3 heteroatoms. The van der Waals surface area contributed by atoms with Crippen LogP contribution in [0.5, 0.6) is 0 Å². The first-order chi connectivity index (χ1) is 8.20. The second kappa shape index (κ2) is 3.57. The van der Waals surface area contributed by atoms with Gasteiger partial charge in [0.1, 0.15) is 0 Å². The molecule has 0 bridgehead atoms. The molecule has 0 saturated carbocycles. The van der Waals surface area contributed by atoms with Crippen LogP contribution in [0.3, 0.4) is 0 Å². The lowest BCUT2D eigenvalue weighted by atomic mass is 9.84. The van der Waals surface area contributed by atoms with Crippen molar-refractivity contribution in [1.29, 1.82) is 0 Å². The number of fused-ring (bicyclic) bond motifs is 2. The summed E-state index contributed by atoms with van der Waals surface area (Å²) in [5.41, 5.74) is 1.80. The maximum Gasteiger partial charge on any atom is 0.195 e. The van der Waals surface area contributed by atoms with E-state index in [9.17, 15) is 9.59 Å². The molecule has 0 atom stereocenters. The third kappa shape index (κ3) is 1.36. The van der Waals surface area contributed by atoms with Crippen molar-refractivity contribution in [1.82, 2.24) is 0 Å². The third-order valence-corrected chi connectivity index (χ3v) is 3.30. The summed E-state index contributed by atoms with van der Waals surface area (Å²) in [7, 11) is 0. The Balaban J connectivity index is 2.37. The fourth-order valence-corrected chi connectivity index (χ4v) is 2.43. The number of thiol groups is 1. The van der Waals surface area contributed by atoms with Crippen LogP contribution in [0.15, 0.2) is 47.4 Å². The zero-order valence-electron chi connectivity index (χ0n) is 8.81. The molecule has 0 saturated heterocycles. The molecule has 1 aliphatic carbocycles. The highest BCUT2D eigenvalue weighted by Gasteiger charge is 2.30. The van der Waals surface area contributed by atoms with Gasteiger partial charge in [0, 0.05) is 27.1 Å². The van der Waals surface area contributed by atoms with Crippen LogP contribution in [-0.2, 0) is 0 Å². The van der Waals surface area contributed by atoms with E-state index in [2.05, 4.69) is 12.6 Å². The zero-order chi connectivity index (χ0) is 12.0. The number of hydrogen-bond donors (Lipinski definition) is 1. The predicted molar refractivity (Wildman–Crippen MR) is 67.0 cm³/mol. The molecule has 2 nitrogen and oxygen atoms in total. The monoisotopic (exact) mass is 240 g/mol. The molecular weight excluding hydrogens is 232 g/mol. The van der Waals surface area contributed by atoms with Gasteiger partial charge in [0.25, 0.3) is 0 Å². The number of hydrogen-bond acceptors (Lipinski definition) is 3. The number of benzene rings is 2. The first-order valence-electron chi connectivity index (χ1n) is 5.20. The van der Waals surface area contributed by atoms with E-state index in [0.29, 0.717) is 27.1 Å². The summed E-state index contributed by atoms with van der Waals surface area (Å²) in [5, 5.41) is 0. The Hall–Kier alpha value is -1.87. The van der Waals surface area contributed by atoms with Crippen molar-refractivity contribution in [3.8, 4) is 0 Å². The van der Waals surface area contributed by atoms with Gasteiger partial charge in [0.2, 0.25) is 0 Å². The van der Waals surface area contributed by atoms with Gasteiger partial charge in [0.05, 0.1) is 0 Å². The van der Waals surface area contributed by atoms with Crippen molar-refractivity contribution in [3.05, 3.63) is 64.7 Å². The molecule has 17 heavy (non-hydrogen) atoms. The first-order valence-corrected chi connectivity index (χ1v) is 5.65. The topological polar surface area (TPSA) is 34.1 Å². The summed E-state index contributed by atoms with van der Waals surface area (Å²) < 4.78 is 0. The van der Waals surface area contributed by atoms with Gasteiger partial charge in [0.15, 0.2) is 11.6 Å². The smallest absolute Gasteiger partial charge is 0.195 e. The molecule has 0 unspecified atom stereocenters. The van der Waals surface area contributed by atoms with Crippen molar-refractivity contribution >= 4 is 24.2 Å². The van der Waals surface area contributed by atoms with Crippen molar-refractivity contribution in [2.75, 3.05) is 0 Å². The minimum atomic E-state index is -0.124. The van der Waals surface area contributed by atoms with Gasteiger partial charge in [-0.2, -0.15) is 0 Å². The number of ketones is 2.